The highest BCUT2D eigenvalue weighted by molar-refractivity contribution is 6.10. The van der Waals surface area contributed by atoms with Gasteiger partial charge in [0.25, 0.3) is 11.8 Å². The van der Waals surface area contributed by atoms with Gasteiger partial charge in [0.05, 0.1) is 30.8 Å². The molecule has 0 fully saturated rings. The monoisotopic (exact) mass is 603 g/mol. The second-order valence-corrected chi connectivity index (χ2v) is 10.9. The van der Waals surface area contributed by atoms with Crippen LogP contribution in [-0.2, 0) is 19.4 Å². The molecule has 0 unspecified atom stereocenters. The quantitative estimate of drug-likeness (QED) is 0.215. The van der Waals surface area contributed by atoms with Crippen LogP contribution in [0.25, 0.3) is 22.3 Å². The molecule has 2 heterocycles. The number of anilines is 1. The average molecular weight is 604 g/mol. The molecule has 6 rings (SSSR count). The summed E-state index contributed by atoms with van der Waals surface area (Å²) in [7, 11) is 3.31. The molecule has 0 saturated heterocycles. The second-order valence-electron chi connectivity index (χ2n) is 10.9. The molecule has 4 aromatic carbocycles. The maximum Gasteiger partial charge on any atom is 0.269 e. The van der Waals surface area contributed by atoms with E-state index < -0.39 is 11.8 Å². The van der Waals surface area contributed by atoms with E-state index in [2.05, 4.69) is 32.3 Å². The second kappa shape index (κ2) is 12.6. The van der Waals surface area contributed by atoms with Gasteiger partial charge in [0.15, 0.2) is 17.2 Å². The zero-order valence-electron chi connectivity index (χ0n) is 25.0. The smallest absolute Gasteiger partial charge is 0.269 e. The number of amides is 2. The predicted molar refractivity (Wildman–Crippen MR) is 172 cm³/mol. The first-order valence-electron chi connectivity index (χ1n) is 14.6. The Morgan fingerprint density at radius 1 is 0.911 bits per heavy atom. The summed E-state index contributed by atoms with van der Waals surface area (Å²) in [5.41, 5.74) is 11.5. The maximum atomic E-state index is 13.5. The van der Waals surface area contributed by atoms with Gasteiger partial charge in [-0.15, -0.1) is 0 Å². The van der Waals surface area contributed by atoms with Crippen molar-refractivity contribution in [2.24, 2.45) is 5.73 Å². The van der Waals surface area contributed by atoms with E-state index >= 15 is 0 Å². The normalized spacial score (nSPS) is 12.8. The van der Waals surface area contributed by atoms with Crippen molar-refractivity contribution in [3.63, 3.8) is 0 Å². The van der Waals surface area contributed by atoms with E-state index in [1.54, 1.807) is 38.5 Å². The molecule has 1 aliphatic rings. The number of ether oxygens (including phenoxy) is 2. The Bertz CT molecular complexity index is 1910. The number of carbonyl (C=O) groups is 2. The van der Waals surface area contributed by atoms with Gasteiger partial charge >= 0.3 is 0 Å². The third-order valence-corrected chi connectivity index (χ3v) is 8.03. The van der Waals surface area contributed by atoms with E-state index in [0.29, 0.717) is 22.3 Å². The van der Waals surface area contributed by atoms with Crippen LogP contribution in [0.3, 0.4) is 0 Å². The van der Waals surface area contributed by atoms with Gasteiger partial charge in [-0.1, -0.05) is 24.3 Å². The average Bonchev–Trinajstić information content (AvgIpc) is 3.06. The number of primary amides is 1. The molecular formula is C35H33N5O5. The molecule has 10 heteroatoms. The summed E-state index contributed by atoms with van der Waals surface area (Å²) in [6, 6.07) is 23.2. The van der Waals surface area contributed by atoms with Gasteiger partial charge in [-0.25, -0.2) is 9.97 Å². The molecule has 0 radical (unpaired) electrons. The van der Waals surface area contributed by atoms with Crippen LogP contribution in [0.4, 0.5) is 5.69 Å². The van der Waals surface area contributed by atoms with Crippen LogP contribution >= 0.6 is 0 Å². The number of rotatable bonds is 9. The Kier molecular flexibility index (Phi) is 8.30. The number of para-hydroxylation sites is 2. The molecule has 0 saturated carbocycles. The molecule has 0 atom stereocenters. The van der Waals surface area contributed by atoms with E-state index in [1.807, 2.05) is 24.3 Å². The lowest BCUT2D eigenvalue weighted by Crippen LogP contribution is -2.32. The van der Waals surface area contributed by atoms with Gasteiger partial charge in [-0.2, -0.15) is 0 Å². The Labute approximate surface area is 260 Å². The molecule has 5 aromatic rings. The Morgan fingerprint density at radius 3 is 2.29 bits per heavy atom. The number of phenols is 1. The Balaban J connectivity index is 1.15. The van der Waals surface area contributed by atoms with Crippen LogP contribution in [0, 0.1) is 0 Å². The molecule has 0 aliphatic carbocycles. The van der Waals surface area contributed by atoms with Crippen molar-refractivity contribution in [1.29, 1.82) is 0 Å². The molecular weight excluding hydrogens is 570 g/mol. The van der Waals surface area contributed by atoms with Gasteiger partial charge in [-0.05, 0) is 84.1 Å². The van der Waals surface area contributed by atoms with Crippen molar-refractivity contribution in [2.45, 2.75) is 19.4 Å². The van der Waals surface area contributed by atoms with Crippen molar-refractivity contribution in [1.82, 2.24) is 14.9 Å². The largest absolute Gasteiger partial charge is 0.508 e. The minimum atomic E-state index is -0.771. The van der Waals surface area contributed by atoms with Crippen molar-refractivity contribution >= 4 is 28.5 Å². The van der Waals surface area contributed by atoms with Gasteiger partial charge in [0.2, 0.25) is 0 Å². The van der Waals surface area contributed by atoms with E-state index in [9.17, 15) is 14.7 Å². The summed E-state index contributed by atoms with van der Waals surface area (Å²) in [5, 5.41) is 13.1. The fourth-order valence-electron chi connectivity index (χ4n) is 5.66. The number of methoxy groups -OCH3 is 2. The maximum absolute atomic E-state index is 13.5. The van der Waals surface area contributed by atoms with Crippen LogP contribution in [0.1, 0.15) is 37.5 Å². The number of nitrogens with one attached hydrogen (secondary N) is 1. The standard InChI is InChI=1S/C35H33N5O5/c1-44-30-17-22-14-16-40(20-23(22)18-31(30)45-2)15-13-21-7-9-24(10-8-21)37-35(43)27-19-25(41)11-12-26(27)32-33(34(36)42)39-29-6-4-3-5-28(29)38-32/h3-12,17-19,41H,13-16,20H2,1-2H3,(H2,36,42)(H,37,43). The number of aromatic nitrogens is 2. The zero-order valence-corrected chi connectivity index (χ0v) is 25.0. The molecule has 4 N–H and O–H groups in total. The third-order valence-electron chi connectivity index (χ3n) is 8.03. The minimum absolute atomic E-state index is 0.0612. The number of phenolic OH excluding ortho intramolecular Hbond substituents is 1. The molecule has 45 heavy (non-hydrogen) atoms. The first-order chi connectivity index (χ1) is 21.8. The van der Waals surface area contributed by atoms with Crippen LogP contribution in [0.5, 0.6) is 17.2 Å². The van der Waals surface area contributed by atoms with Crippen LogP contribution in [0.15, 0.2) is 78.9 Å². The van der Waals surface area contributed by atoms with Crippen LogP contribution in [0.2, 0.25) is 0 Å². The van der Waals surface area contributed by atoms with Crippen LogP contribution < -0.4 is 20.5 Å². The Morgan fingerprint density at radius 2 is 1.60 bits per heavy atom. The van der Waals surface area contributed by atoms with Crippen LogP contribution in [-0.4, -0.2) is 59.1 Å². The summed E-state index contributed by atoms with van der Waals surface area (Å²) < 4.78 is 10.9. The molecule has 2 amide bonds. The number of hydrogen-bond donors (Lipinski definition) is 3. The summed E-state index contributed by atoms with van der Waals surface area (Å²) in [6.07, 6.45) is 1.80. The molecule has 228 valence electrons. The predicted octanol–water partition coefficient (Wildman–Crippen LogP) is 4.97. The van der Waals surface area contributed by atoms with E-state index in [0.717, 1.165) is 49.5 Å². The van der Waals surface area contributed by atoms with Gasteiger partial charge in [0, 0.05) is 30.9 Å². The number of nitrogens with two attached hydrogens (primary N) is 1. The summed E-state index contributed by atoms with van der Waals surface area (Å²) in [4.78, 5) is 37.2. The highest BCUT2D eigenvalue weighted by Crippen LogP contribution is 2.33. The molecule has 1 aromatic heterocycles. The Hall–Kier alpha value is -5.48. The number of carbonyl (C=O) groups excluding carboxylic acids is 2. The lowest BCUT2D eigenvalue weighted by molar-refractivity contribution is 0.0993. The summed E-state index contributed by atoms with van der Waals surface area (Å²) >= 11 is 0. The first-order valence-corrected chi connectivity index (χ1v) is 14.6. The number of hydrogen-bond acceptors (Lipinski definition) is 8. The van der Waals surface area contributed by atoms with Gasteiger partial charge in [-0.3, -0.25) is 14.5 Å². The molecule has 10 nitrogen and oxygen atoms in total. The number of nitrogens with zero attached hydrogens (tertiary/aromatic N) is 3. The van der Waals surface area contributed by atoms with Crippen molar-refractivity contribution in [2.75, 3.05) is 32.6 Å². The lowest BCUT2D eigenvalue weighted by atomic mass is 9.98. The van der Waals surface area contributed by atoms with Gasteiger partial charge < -0.3 is 25.6 Å². The number of benzene rings is 4. The molecule has 0 bridgehead atoms. The van der Waals surface area contributed by atoms with Crippen molar-refractivity contribution in [3.8, 4) is 28.5 Å². The van der Waals surface area contributed by atoms with Crippen molar-refractivity contribution in [3.05, 3.63) is 107 Å². The number of fused-ring (bicyclic) bond motifs is 2. The topological polar surface area (TPSA) is 140 Å². The van der Waals surface area contributed by atoms with E-state index in [4.69, 9.17) is 15.2 Å². The fourth-order valence-corrected chi connectivity index (χ4v) is 5.66. The van der Waals surface area contributed by atoms with Gasteiger partial charge in [0.1, 0.15) is 11.4 Å². The summed E-state index contributed by atoms with van der Waals surface area (Å²) in [6.45, 7) is 2.69. The SMILES string of the molecule is COc1cc2c(cc1OC)CN(CCc1ccc(NC(=O)c3cc(O)ccc3-c3nc4ccccc4nc3C(N)=O)cc1)CC2. The molecule has 0 spiro atoms. The first kappa shape index (κ1) is 29.6. The summed E-state index contributed by atoms with van der Waals surface area (Å²) in [5.74, 6) is 0.151. The highest BCUT2D eigenvalue weighted by atomic mass is 16.5. The zero-order chi connectivity index (χ0) is 31.5. The molecule has 1 aliphatic heterocycles. The number of aromatic hydroxyl groups is 1. The lowest BCUT2D eigenvalue weighted by Gasteiger charge is -2.29. The highest BCUT2D eigenvalue weighted by Gasteiger charge is 2.22. The minimum Gasteiger partial charge on any atom is -0.508 e. The van der Waals surface area contributed by atoms with E-state index in [1.165, 1.54) is 29.3 Å². The fraction of sp³-hybridized carbons (Fsp3) is 0.200. The van der Waals surface area contributed by atoms with Crippen molar-refractivity contribution < 1.29 is 24.2 Å². The van der Waals surface area contributed by atoms with E-state index in [-0.39, 0.29) is 22.7 Å². The third kappa shape index (κ3) is 6.27.